The third kappa shape index (κ3) is 4.36. The van der Waals surface area contributed by atoms with Crippen LogP contribution in [0, 0.1) is 5.41 Å². The van der Waals surface area contributed by atoms with Crippen molar-refractivity contribution in [3.05, 3.63) is 35.4 Å². The summed E-state index contributed by atoms with van der Waals surface area (Å²) in [4.78, 5) is 12.5. The highest BCUT2D eigenvalue weighted by molar-refractivity contribution is 5.91. The monoisotopic (exact) mass is 304 g/mol. The zero-order valence-electron chi connectivity index (χ0n) is 15.0. The molecule has 0 atom stereocenters. The Kier molecular flexibility index (Phi) is 5.44. The fourth-order valence-corrected chi connectivity index (χ4v) is 2.32. The number of esters is 1. The number of carbonyl (C=O) groups excluding carboxylic acids is 1. The van der Waals surface area contributed by atoms with Crippen LogP contribution < -0.4 is 9.47 Å². The molecule has 3 heteroatoms. The lowest BCUT2D eigenvalue weighted by Gasteiger charge is -2.25. The first kappa shape index (κ1) is 18.3. The smallest absolute Gasteiger partial charge is 0.339 e. The molecule has 3 nitrogen and oxygen atoms in total. The Morgan fingerprint density at radius 1 is 1.09 bits per heavy atom. The van der Waals surface area contributed by atoms with Crippen molar-refractivity contribution in [3.63, 3.8) is 0 Å². The second kappa shape index (κ2) is 6.55. The zero-order chi connectivity index (χ0) is 17.1. The maximum Gasteiger partial charge on any atom is 0.339 e. The molecule has 0 heterocycles. The van der Waals surface area contributed by atoms with E-state index in [1.54, 1.807) is 13.2 Å². The van der Waals surface area contributed by atoms with Crippen molar-refractivity contribution in [1.82, 2.24) is 0 Å². The minimum Gasteiger partial charge on any atom is -0.497 e. The van der Waals surface area contributed by atoms with Crippen LogP contribution in [-0.2, 0) is 10.2 Å². The predicted octanol–water partition coefficient (Wildman–Crippen LogP) is 4.89. The van der Waals surface area contributed by atoms with Gasteiger partial charge in [0, 0.05) is 11.1 Å². The lowest BCUT2D eigenvalue weighted by atomic mass is 9.85. The number of rotatable bonds is 3. The van der Waals surface area contributed by atoms with Gasteiger partial charge in [0.25, 0.3) is 0 Å². The third-order valence-electron chi connectivity index (χ3n) is 3.51. The Labute approximate surface area is 134 Å². The highest BCUT2D eigenvalue weighted by atomic mass is 16.5. The van der Waals surface area contributed by atoms with Gasteiger partial charge in [-0.15, -0.1) is 0 Å². The molecular formula is C19H28O3. The molecule has 1 rings (SSSR count). The first-order valence-electron chi connectivity index (χ1n) is 7.58. The molecule has 0 saturated heterocycles. The molecule has 0 amide bonds. The van der Waals surface area contributed by atoms with Crippen LogP contribution in [0.3, 0.4) is 0 Å². The molecule has 0 spiro atoms. The van der Waals surface area contributed by atoms with Crippen LogP contribution in [0.15, 0.2) is 29.8 Å². The number of allylic oxidation sites excluding steroid dienone is 1. The van der Waals surface area contributed by atoms with E-state index in [1.807, 2.05) is 45.9 Å². The summed E-state index contributed by atoms with van der Waals surface area (Å²) in [5.74, 6) is 1.04. The third-order valence-corrected chi connectivity index (χ3v) is 3.51. The van der Waals surface area contributed by atoms with Crippen LogP contribution in [-0.4, -0.2) is 13.1 Å². The van der Waals surface area contributed by atoms with Gasteiger partial charge < -0.3 is 9.47 Å². The van der Waals surface area contributed by atoms with E-state index in [0.717, 1.165) is 11.3 Å². The van der Waals surface area contributed by atoms with E-state index >= 15 is 0 Å². The predicted molar refractivity (Wildman–Crippen MR) is 90.5 cm³/mol. The number of methoxy groups -OCH3 is 1. The Morgan fingerprint density at radius 2 is 1.68 bits per heavy atom. The maximum atomic E-state index is 12.5. The Bertz CT molecular complexity index is 569. The van der Waals surface area contributed by atoms with Crippen LogP contribution in [0.4, 0.5) is 0 Å². The average Bonchev–Trinajstić information content (AvgIpc) is 2.36. The quantitative estimate of drug-likeness (QED) is 0.453. The van der Waals surface area contributed by atoms with E-state index in [-0.39, 0.29) is 16.8 Å². The second-order valence-corrected chi connectivity index (χ2v) is 7.45. The molecule has 0 aliphatic rings. The van der Waals surface area contributed by atoms with Gasteiger partial charge in [-0.25, -0.2) is 4.79 Å². The number of ether oxygens (including phenoxy) is 2. The Balaban J connectivity index is 3.21. The molecule has 1 aromatic rings. The summed E-state index contributed by atoms with van der Waals surface area (Å²) < 4.78 is 11.0. The van der Waals surface area contributed by atoms with Crippen molar-refractivity contribution in [2.75, 3.05) is 7.11 Å². The molecular weight excluding hydrogens is 276 g/mol. The van der Waals surface area contributed by atoms with Crippen molar-refractivity contribution in [3.8, 4) is 11.5 Å². The summed E-state index contributed by atoms with van der Waals surface area (Å²) in [6, 6.07) is 5.53. The van der Waals surface area contributed by atoms with E-state index in [9.17, 15) is 4.79 Å². The molecule has 0 radical (unpaired) electrons. The first-order chi connectivity index (χ1) is 10.0. The minimum atomic E-state index is -0.300. The SMILES string of the molecule is CC=C(C(=O)Oc1ccc(OC)cc1C(C)(C)C)C(C)(C)C. The molecule has 0 fully saturated rings. The van der Waals surface area contributed by atoms with Crippen molar-refractivity contribution >= 4 is 5.97 Å². The lowest BCUT2D eigenvalue weighted by molar-refractivity contribution is -0.131. The summed E-state index contributed by atoms with van der Waals surface area (Å²) in [5, 5.41) is 0. The van der Waals surface area contributed by atoms with Gasteiger partial charge in [0.05, 0.1) is 7.11 Å². The van der Waals surface area contributed by atoms with Gasteiger partial charge in [-0.2, -0.15) is 0 Å². The fraction of sp³-hybridized carbons (Fsp3) is 0.526. The molecule has 22 heavy (non-hydrogen) atoms. The van der Waals surface area contributed by atoms with Crippen LogP contribution >= 0.6 is 0 Å². The van der Waals surface area contributed by atoms with Gasteiger partial charge in [-0.1, -0.05) is 47.6 Å². The number of carbonyl (C=O) groups is 1. The van der Waals surface area contributed by atoms with Crippen molar-refractivity contribution in [2.24, 2.45) is 5.41 Å². The molecule has 0 N–H and O–H groups in total. The van der Waals surface area contributed by atoms with Gasteiger partial charge in [0.2, 0.25) is 0 Å². The summed E-state index contributed by atoms with van der Waals surface area (Å²) in [5.41, 5.74) is 1.22. The van der Waals surface area contributed by atoms with Gasteiger partial charge in [-0.3, -0.25) is 0 Å². The van der Waals surface area contributed by atoms with Crippen LogP contribution in [0.25, 0.3) is 0 Å². The van der Waals surface area contributed by atoms with Crippen LogP contribution in [0.5, 0.6) is 11.5 Å². The fourth-order valence-electron chi connectivity index (χ4n) is 2.32. The average molecular weight is 304 g/mol. The van der Waals surface area contributed by atoms with Crippen molar-refractivity contribution in [2.45, 2.75) is 53.9 Å². The van der Waals surface area contributed by atoms with E-state index in [0.29, 0.717) is 11.3 Å². The Morgan fingerprint density at radius 3 is 2.09 bits per heavy atom. The van der Waals surface area contributed by atoms with Crippen molar-refractivity contribution in [1.29, 1.82) is 0 Å². The summed E-state index contributed by atoms with van der Waals surface area (Å²) in [6.07, 6.45) is 1.82. The van der Waals surface area contributed by atoms with E-state index in [4.69, 9.17) is 9.47 Å². The maximum absolute atomic E-state index is 12.5. The molecule has 0 aliphatic heterocycles. The van der Waals surface area contributed by atoms with Gasteiger partial charge in [-0.05, 0) is 36.0 Å². The topological polar surface area (TPSA) is 35.5 Å². The van der Waals surface area contributed by atoms with Gasteiger partial charge in [0.15, 0.2) is 0 Å². The molecule has 0 aliphatic carbocycles. The molecule has 122 valence electrons. The van der Waals surface area contributed by atoms with Crippen molar-refractivity contribution < 1.29 is 14.3 Å². The van der Waals surface area contributed by atoms with Crippen LogP contribution in [0.2, 0.25) is 0 Å². The highest BCUT2D eigenvalue weighted by Crippen LogP contribution is 2.35. The first-order valence-corrected chi connectivity index (χ1v) is 7.58. The highest BCUT2D eigenvalue weighted by Gasteiger charge is 2.27. The molecule has 1 aromatic carbocycles. The normalized spacial score (nSPS) is 13.0. The largest absolute Gasteiger partial charge is 0.497 e. The molecule has 0 aromatic heterocycles. The standard InChI is InChI=1S/C19H28O3/c1-9-14(18(2,3)4)17(20)22-16-11-10-13(21-8)12-15(16)19(5,6)7/h9-12H,1-8H3. The number of hydrogen-bond donors (Lipinski definition) is 0. The molecule has 0 bridgehead atoms. The number of benzene rings is 1. The summed E-state index contributed by atoms with van der Waals surface area (Å²) in [6.45, 7) is 14.1. The van der Waals surface area contributed by atoms with E-state index in [2.05, 4.69) is 20.8 Å². The minimum absolute atomic E-state index is 0.151. The Hall–Kier alpha value is -1.77. The van der Waals surface area contributed by atoms with E-state index < -0.39 is 0 Å². The summed E-state index contributed by atoms with van der Waals surface area (Å²) >= 11 is 0. The number of hydrogen-bond acceptors (Lipinski definition) is 3. The summed E-state index contributed by atoms with van der Waals surface area (Å²) in [7, 11) is 1.63. The van der Waals surface area contributed by atoms with Gasteiger partial charge in [0.1, 0.15) is 11.5 Å². The molecule has 0 saturated carbocycles. The van der Waals surface area contributed by atoms with Gasteiger partial charge >= 0.3 is 5.97 Å². The van der Waals surface area contributed by atoms with E-state index in [1.165, 1.54) is 0 Å². The van der Waals surface area contributed by atoms with Crippen LogP contribution in [0.1, 0.15) is 54.0 Å². The lowest BCUT2D eigenvalue weighted by Crippen LogP contribution is -2.23. The molecule has 0 unspecified atom stereocenters. The second-order valence-electron chi connectivity index (χ2n) is 7.45. The zero-order valence-corrected chi connectivity index (χ0v) is 15.0.